The molecule has 0 heterocycles. The fraction of sp³-hybridized carbons (Fsp3) is 1.00. The average Bonchev–Trinajstić information content (AvgIpc) is 1.95. The van der Waals surface area contributed by atoms with Crippen LogP contribution < -0.4 is 5.73 Å². The first-order valence-corrected chi connectivity index (χ1v) is 6.75. The molecule has 2 atom stereocenters. The van der Waals surface area contributed by atoms with Crippen LogP contribution in [-0.4, -0.2) is 6.04 Å². The molecule has 0 aliphatic rings. The summed E-state index contributed by atoms with van der Waals surface area (Å²) in [5.41, 5.74) is 7.06. The van der Waals surface area contributed by atoms with Crippen LogP contribution in [0.2, 0.25) is 0 Å². The summed E-state index contributed by atoms with van der Waals surface area (Å²) in [5.74, 6) is 0.745. The van der Waals surface area contributed by atoms with Gasteiger partial charge in [0.15, 0.2) is 0 Å². The van der Waals surface area contributed by atoms with Crippen molar-refractivity contribution >= 4 is 0 Å². The van der Waals surface area contributed by atoms with Crippen LogP contribution >= 0.6 is 0 Å². The molecule has 0 amide bonds. The molecule has 0 aromatic rings. The summed E-state index contributed by atoms with van der Waals surface area (Å²) in [7, 11) is 0. The molecule has 1 heteroatoms. The first kappa shape index (κ1) is 16.0. The number of hydrogen-bond acceptors (Lipinski definition) is 1. The highest BCUT2D eigenvalue weighted by Gasteiger charge is 2.18. The van der Waals surface area contributed by atoms with Gasteiger partial charge in [0.2, 0.25) is 0 Å². The van der Waals surface area contributed by atoms with Crippen LogP contribution in [0.4, 0.5) is 0 Å². The largest absolute Gasteiger partial charge is 0.328 e. The van der Waals surface area contributed by atoms with Crippen molar-refractivity contribution in [3.8, 4) is 0 Å². The molecule has 0 aliphatic carbocycles. The third kappa shape index (κ3) is 10.5. The molecule has 0 fully saturated rings. The van der Waals surface area contributed by atoms with Crippen LogP contribution in [0.15, 0.2) is 0 Å². The minimum Gasteiger partial charge on any atom is -0.328 e. The number of nitrogens with two attached hydrogens (primary N) is 1. The molecule has 2 N–H and O–H groups in total. The van der Waals surface area contributed by atoms with Crippen molar-refractivity contribution in [1.82, 2.24) is 0 Å². The van der Waals surface area contributed by atoms with E-state index in [4.69, 9.17) is 5.73 Å². The second kappa shape index (κ2) is 6.05. The third-order valence-corrected chi connectivity index (χ3v) is 2.93. The fourth-order valence-corrected chi connectivity index (χ4v) is 2.38. The summed E-state index contributed by atoms with van der Waals surface area (Å²) in [6, 6.07) is 0.386. The minimum absolute atomic E-state index is 0.386. The molecule has 0 saturated heterocycles. The van der Waals surface area contributed by atoms with Gasteiger partial charge in [0, 0.05) is 6.04 Å². The summed E-state index contributed by atoms with van der Waals surface area (Å²) in [6.45, 7) is 16.1. The molecular formula is C15H33N. The highest BCUT2D eigenvalue weighted by atomic mass is 14.6. The Labute approximate surface area is 103 Å². The van der Waals surface area contributed by atoms with E-state index in [-0.39, 0.29) is 0 Å². The Bertz CT molecular complexity index is 183. The monoisotopic (exact) mass is 227 g/mol. The van der Waals surface area contributed by atoms with Gasteiger partial charge in [-0.25, -0.2) is 0 Å². The molecule has 1 nitrogen and oxygen atoms in total. The lowest BCUT2D eigenvalue weighted by atomic mass is 9.81. The summed E-state index contributed by atoms with van der Waals surface area (Å²) in [5, 5.41) is 0. The standard InChI is InChI=1S/C15H33N/c1-12(11-15(5,6)7)10-13(16)8-9-14(2,3)4/h12-13H,8-11,16H2,1-7H3. The summed E-state index contributed by atoms with van der Waals surface area (Å²) < 4.78 is 0. The van der Waals surface area contributed by atoms with Gasteiger partial charge in [-0.05, 0) is 42.4 Å². The van der Waals surface area contributed by atoms with Gasteiger partial charge >= 0.3 is 0 Å². The Hall–Kier alpha value is -0.0400. The molecular weight excluding hydrogens is 194 g/mol. The predicted molar refractivity (Wildman–Crippen MR) is 74.5 cm³/mol. The first-order valence-electron chi connectivity index (χ1n) is 6.75. The topological polar surface area (TPSA) is 26.0 Å². The van der Waals surface area contributed by atoms with E-state index in [2.05, 4.69) is 48.5 Å². The highest BCUT2D eigenvalue weighted by molar-refractivity contribution is 4.73. The Morgan fingerprint density at radius 2 is 1.44 bits per heavy atom. The number of rotatable bonds is 5. The van der Waals surface area contributed by atoms with Gasteiger partial charge in [0.05, 0.1) is 0 Å². The van der Waals surface area contributed by atoms with Crippen LogP contribution in [0.3, 0.4) is 0 Å². The second-order valence-electron chi connectivity index (χ2n) is 7.97. The molecule has 0 radical (unpaired) electrons. The Balaban J connectivity index is 3.83. The average molecular weight is 227 g/mol. The van der Waals surface area contributed by atoms with E-state index in [0.29, 0.717) is 16.9 Å². The molecule has 0 bridgehead atoms. The van der Waals surface area contributed by atoms with Gasteiger partial charge in [-0.15, -0.1) is 0 Å². The van der Waals surface area contributed by atoms with Crippen molar-refractivity contribution in [1.29, 1.82) is 0 Å². The van der Waals surface area contributed by atoms with Crippen LogP contribution in [0.5, 0.6) is 0 Å². The summed E-state index contributed by atoms with van der Waals surface area (Å²) in [6.07, 6.45) is 4.85. The minimum atomic E-state index is 0.386. The Morgan fingerprint density at radius 1 is 0.938 bits per heavy atom. The van der Waals surface area contributed by atoms with Gasteiger partial charge in [0.25, 0.3) is 0 Å². The fourth-order valence-electron chi connectivity index (χ4n) is 2.38. The lowest BCUT2D eigenvalue weighted by Crippen LogP contribution is -2.26. The van der Waals surface area contributed by atoms with Crippen LogP contribution in [0.25, 0.3) is 0 Å². The molecule has 0 aromatic heterocycles. The quantitative estimate of drug-likeness (QED) is 0.729. The Kier molecular flexibility index (Phi) is 6.03. The van der Waals surface area contributed by atoms with Crippen molar-refractivity contribution in [3.63, 3.8) is 0 Å². The molecule has 0 spiro atoms. The van der Waals surface area contributed by atoms with Gasteiger partial charge in [0.1, 0.15) is 0 Å². The molecule has 0 saturated carbocycles. The highest BCUT2D eigenvalue weighted by Crippen LogP contribution is 2.28. The van der Waals surface area contributed by atoms with Gasteiger partial charge in [-0.2, -0.15) is 0 Å². The van der Waals surface area contributed by atoms with E-state index in [1.165, 1.54) is 19.3 Å². The predicted octanol–water partition coefficient (Wildman–Crippen LogP) is 4.60. The van der Waals surface area contributed by atoms with E-state index in [1.54, 1.807) is 0 Å². The van der Waals surface area contributed by atoms with Gasteiger partial charge < -0.3 is 5.73 Å². The van der Waals surface area contributed by atoms with Crippen LogP contribution in [-0.2, 0) is 0 Å². The smallest absolute Gasteiger partial charge is 0.00415 e. The van der Waals surface area contributed by atoms with Crippen molar-refractivity contribution in [2.24, 2.45) is 22.5 Å². The van der Waals surface area contributed by atoms with Gasteiger partial charge in [-0.3, -0.25) is 0 Å². The number of hydrogen-bond donors (Lipinski definition) is 1. The molecule has 0 aromatic carbocycles. The van der Waals surface area contributed by atoms with E-state index in [1.807, 2.05) is 0 Å². The van der Waals surface area contributed by atoms with Crippen molar-refractivity contribution in [3.05, 3.63) is 0 Å². The molecule has 16 heavy (non-hydrogen) atoms. The normalized spacial score (nSPS) is 17.2. The molecule has 0 aliphatic heterocycles. The lowest BCUT2D eigenvalue weighted by molar-refractivity contribution is 0.271. The second-order valence-corrected chi connectivity index (χ2v) is 7.97. The Morgan fingerprint density at radius 3 is 1.81 bits per heavy atom. The summed E-state index contributed by atoms with van der Waals surface area (Å²) >= 11 is 0. The van der Waals surface area contributed by atoms with Crippen molar-refractivity contribution < 1.29 is 0 Å². The maximum atomic E-state index is 6.20. The van der Waals surface area contributed by atoms with Crippen molar-refractivity contribution in [2.45, 2.75) is 80.2 Å². The van der Waals surface area contributed by atoms with E-state index < -0.39 is 0 Å². The maximum Gasteiger partial charge on any atom is 0.00415 e. The molecule has 98 valence electrons. The first-order chi connectivity index (χ1) is 6.99. The SMILES string of the molecule is CC(CC(N)CCC(C)(C)C)CC(C)(C)C. The maximum absolute atomic E-state index is 6.20. The van der Waals surface area contributed by atoms with Gasteiger partial charge in [-0.1, -0.05) is 48.5 Å². The molecule has 2 unspecified atom stereocenters. The zero-order chi connectivity index (χ0) is 13.0. The zero-order valence-electron chi connectivity index (χ0n) is 12.6. The zero-order valence-corrected chi connectivity index (χ0v) is 12.6. The lowest BCUT2D eigenvalue weighted by Gasteiger charge is -2.26. The third-order valence-electron chi connectivity index (χ3n) is 2.93. The molecule has 0 rings (SSSR count). The summed E-state index contributed by atoms with van der Waals surface area (Å²) in [4.78, 5) is 0. The van der Waals surface area contributed by atoms with Crippen LogP contribution in [0.1, 0.15) is 74.1 Å². The van der Waals surface area contributed by atoms with Crippen LogP contribution in [0, 0.1) is 16.7 Å². The van der Waals surface area contributed by atoms with E-state index >= 15 is 0 Å². The van der Waals surface area contributed by atoms with E-state index in [9.17, 15) is 0 Å². The van der Waals surface area contributed by atoms with Crippen molar-refractivity contribution in [2.75, 3.05) is 0 Å². The van der Waals surface area contributed by atoms with E-state index in [0.717, 1.165) is 12.3 Å².